The number of halogens is 2. The molecule has 0 bridgehead atoms. The molecule has 19 heavy (non-hydrogen) atoms. The van der Waals surface area contributed by atoms with Crippen LogP contribution in [0.5, 0.6) is 0 Å². The maximum Gasteiger partial charge on any atom is 0.264 e. The molecule has 9 heteroatoms. The van der Waals surface area contributed by atoms with Crippen molar-refractivity contribution >= 4 is 33.3 Å². The van der Waals surface area contributed by atoms with Crippen molar-refractivity contribution in [1.82, 2.24) is 9.97 Å². The second-order valence-corrected chi connectivity index (χ2v) is 5.56. The van der Waals surface area contributed by atoms with Gasteiger partial charge in [-0.15, -0.1) is 0 Å². The third kappa shape index (κ3) is 3.09. The molecule has 0 saturated carbocycles. The van der Waals surface area contributed by atoms with Gasteiger partial charge in [0, 0.05) is 6.20 Å². The van der Waals surface area contributed by atoms with Gasteiger partial charge in [-0.25, -0.2) is 27.5 Å². The molecule has 2 aromatic rings. The molecule has 0 aliphatic heterocycles. The molecule has 0 fully saturated rings. The molecule has 0 aliphatic rings. The highest BCUT2D eigenvalue weighted by molar-refractivity contribution is 7.92. The minimum atomic E-state index is -4.00. The van der Waals surface area contributed by atoms with Crippen molar-refractivity contribution in [3.8, 4) is 0 Å². The molecular formula is C10H8ClFN4O2S. The van der Waals surface area contributed by atoms with Crippen LogP contribution >= 0.6 is 11.6 Å². The van der Waals surface area contributed by atoms with Gasteiger partial charge in [0.2, 0.25) is 5.95 Å². The molecule has 100 valence electrons. The first-order chi connectivity index (χ1) is 8.88. The van der Waals surface area contributed by atoms with Crippen LogP contribution in [-0.2, 0) is 10.0 Å². The lowest BCUT2D eigenvalue weighted by molar-refractivity contribution is 0.596. The van der Waals surface area contributed by atoms with Crippen molar-refractivity contribution in [2.75, 3.05) is 10.5 Å². The van der Waals surface area contributed by atoms with Gasteiger partial charge >= 0.3 is 0 Å². The first-order valence-electron chi connectivity index (χ1n) is 4.95. The van der Waals surface area contributed by atoms with Crippen molar-refractivity contribution in [1.29, 1.82) is 0 Å². The molecule has 1 aromatic heterocycles. The Morgan fingerprint density at radius 2 is 2.05 bits per heavy atom. The highest BCUT2D eigenvalue weighted by atomic mass is 35.5. The second kappa shape index (κ2) is 4.98. The van der Waals surface area contributed by atoms with Gasteiger partial charge in [0.15, 0.2) is 0 Å². The van der Waals surface area contributed by atoms with Crippen molar-refractivity contribution in [3.05, 3.63) is 41.4 Å². The molecular weight excluding hydrogens is 295 g/mol. The zero-order valence-electron chi connectivity index (χ0n) is 9.34. The molecule has 0 atom stereocenters. The van der Waals surface area contributed by atoms with Crippen LogP contribution in [-0.4, -0.2) is 18.4 Å². The summed E-state index contributed by atoms with van der Waals surface area (Å²) < 4.78 is 39.2. The van der Waals surface area contributed by atoms with Crippen LogP contribution in [0.3, 0.4) is 0 Å². The SMILES string of the molecule is Nc1ccc(S(=O)(=O)Nc2nccc(Cl)n2)cc1F. The first kappa shape index (κ1) is 13.5. The third-order valence-electron chi connectivity index (χ3n) is 2.13. The van der Waals surface area contributed by atoms with Gasteiger partial charge in [0.1, 0.15) is 11.0 Å². The van der Waals surface area contributed by atoms with Crippen LogP contribution < -0.4 is 10.5 Å². The van der Waals surface area contributed by atoms with E-state index in [4.69, 9.17) is 17.3 Å². The lowest BCUT2D eigenvalue weighted by Crippen LogP contribution is -2.15. The summed E-state index contributed by atoms with van der Waals surface area (Å²) in [4.78, 5) is 7.07. The summed E-state index contributed by atoms with van der Waals surface area (Å²) >= 11 is 5.60. The lowest BCUT2D eigenvalue weighted by atomic mass is 10.3. The molecule has 1 aromatic carbocycles. The van der Waals surface area contributed by atoms with Crippen LogP contribution in [0, 0.1) is 5.82 Å². The number of benzene rings is 1. The van der Waals surface area contributed by atoms with E-state index >= 15 is 0 Å². The van der Waals surface area contributed by atoms with Crippen molar-refractivity contribution < 1.29 is 12.8 Å². The minimum absolute atomic E-state index is 0.0798. The largest absolute Gasteiger partial charge is 0.396 e. The Hall–Kier alpha value is -1.93. The number of nitrogens with zero attached hydrogens (tertiary/aromatic N) is 2. The highest BCUT2D eigenvalue weighted by Gasteiger charge is 2.17. The Balaban J connectivity index is 2.35. The van der Waals surface area contributed by atoms with E-state index in [1.54, 1.807) is 0 Å². The van der Waals surface area contributed by atoms with Gasteiger partial charge < -0.3 is 5.73 Å². The van der Waals surface area contributed by atoms with E-state index < -0.39 is 15.8 Å². The Morgan fingerprint density at radius 1 is 1.32 bits per heavy atom. The van der Waals surface area contributed by atoms with Crippen LogP contribution in [0.1, 0.15) is 0 Å². The zero-order chi connectivity index (χ0) is 14.0. The van der Waals surface area contributed by atoms with Crippen molar-refractivity contribution in [2.24, 2.45) is 0 Å². The average molecular weight is 303 g/mol. The summed E-state index contributed by atoms with van der Waals surface area (Å²) in [6, 6.07) is 4.53. The van der Waals surface area contributed by atoms with Crippen LogP contribution in [0.25, 0.3) is 0 Å². The second-order valence-electron chi connectivity index (χ2n) is 3.49. The quantitative estimate of drug-likeness (QED) is 0.663. The van der Waals surface area contributed by atoms with Crippen LogP contribution in [0.15, 0.2) is 35.4 Å². The number of hydrogen-bond acceptors (Lipinski definition) is 5. The Morgan fingerprint density at radius 3 is 2.68 bits per heavy atom. The van der Waals surface area contributed by atoms with Gasteiger partial charge in [-0.05, 0) is 24.3 Å². The van der Waals surface area contributed by atoms with E-state index in [0.29, 0.717) is 0 Å². The third-order valence-corrected chi connectivity index (χ3v) is 3.67. The normalized spacial score (nSPS) is 11.3. The number of aromatic nitrogens is 2. The summed E-state index contributed by atoms with van der Waals surface area (Å²) in [5.41, 5.74) is 5.13. The molecule has 0 amide bonds. The molecule has 0 spiro atoms. The van der Waals surface area contributed by atoms with Gasteiger partial charge in [-0.3, -0.25) is 0 Å². The Kier molecular flexibility index (Phi) is 3.54. The molecule has 3 N–H and O–H groups in total. The molecule has 0 unspecified atom stereocenters. The summed E-state index contributed by atoms with van der Waals surface area (Å²) in [6.45, 7) is 0. The average Bonchev–Trinajstić information content (AvgIpc) is 2.32. The fraction of sp³-hybridized carbons (Fsp3) is 0. The number of hydrogen-bond donors (Lipinski definition) is 2. The Bertz CT molecular complexity index is 723. The van der Waals surface area contributed by atoms with Gasteiger partial charge in [-0.2, -0.15) is 0 Å². The molecule has 0 radical (unpaired) electrons. The zero-order valence-corrected chi connectivity index (χ0v) is 10.9. The summed E-state index contributed by atoms with van der Waals surface area (Å²) in [7, 11) is -4.00. The van der Waals surface area contributed by atoms with E-state index in [1.165, 1.54) is 18.3 Å². The van der Waals surface area contributed by atoms with Gasteiger partial charge in [0.05, 0.1) is 10.6 Å². The minimum Gasteiger partial charge on any atom is -0.396 e. The highest BCUT2D eigenvalue weighted by Crippen LogP contribution is 2.18. The fourth-order valence-electron chi connectivity index (χ4n) is 1.24. The lowest BCUT2D eigenvalue weighted by Gasteiger charge is -2.07. The number of rotatable bonds is 3. The number of nitrogen functional groups attached to an aromatic ring is 1. The van der Waals surface area contributed by atoms with Gasteiger partial charge in [-0.1, -0.05) is 11.6 Å². The molecule has 0 aliphatic carbocycles. The van der Waals surface area contributed by atoms with Crippen LogP contribution in [0.4, 0.5) is 16.0 Å². The van der Waals surface area contributed by atoms with E-state index in [1.807, 2.05) is 0 Å². The maximum absolute atomic E-state index is 13.2. The molecule has 0 saturated heterocycles. The monoisotopic (exact) mass is 302 g/mol. The van der Waals surface area contributed by atoms with Crippen molar-refractivity contribution in [2.45, 2.75) is 4.90 Å². The predicted octanol–water partition coefficient (Wildman–Crippen LogP) is 1.65. The van der Waals surface area contributed by atoms with E-state index in [9.17, 15) is 12.8 Å². The topological polar surface area (TPSA) is 98.0 Å². The molecule has 1 heterocycles. The van der Waals surface area contributed by atoms with E-state index in [0.717, 1.165) is 12.1 Å². The number of nitrogens with one attached hydrogen (secondary N) is 1. The predicted molar refractivity (Wildman–Crippen MR) is 68.7 cm³/mol. The number of anilines is 2. The van der Waals surface area contributed by atoms with E-state index in [-0.39, 0.29) is 21.7 Å². The van der Waals surface area contributed by atoms with Gasteiger partial charge in [0.25, 0.3) is 10.0 Å². The smallest absolute Gasteiger partial charge is 0.264 e. The molecule has 2 rings (SSSR count). The first-order valence-corrected chi connectivity index (χ1v) is 6.81. The van der Waals surface area contributed by atoms with Crippen LogP contribution in [0.2, 0.25) is 5.15 Å². The standard InChI is InChI=1S/C10H8ClFN4O2S/c11-9-3-4-14-10(15-9)16-19(17,18)6-1-2-8(13)7(12)5-6/h1-5H,13H2,(H,14,15,16). The van der Waals surface area contributed by atoms with E-state index in [2.05, 4.69) is 14.7 Å². The Labute approximate surface area is 113 Å². The summed E-state index contributed by atoms with van der Waals surface area (Å²) in [6.07, 6.45) is 1.29. The number of nitrogens with two attached hydrogens (primary N) is 1. The number of sulfonamides is 1. The fourth-order valence-corrected chi connectivity index (χ4v) is 2.34. The maximum atomic E-state index is 13.2. The van der Waals surface area contributed by atoms with Crippen molar-refractivity contribution in [3.63, 3.8) is 0 Å². The summed E-state index contributed by atoms with van der Waals surface area (Å²) in [5.74, 6) is -1.03. The summed E-state index contributed by atoms with van der Waals surface area (Å²) in [5, 5.41) is 0.0798. The molecule has 6 nitrogen and oxygen atoms in total.